The molecule has 0 spiro atoms. The molecule has 2 aromatic heterocycles. The average molecular weight is 508 g/mol. The highest BCUT2D eigenvalue weighted by Gasteiger charge is 2.20. The number of carbonyl (C=O) groups is 1. The van der Waals surface area contributed by atoms with E-state index < -0.39 is 12.0 Å². The Hall–Kier alpha value is -3.73. The number of imidazole rings is 1. The number of primary amides is 1. The fourth-order valence-corrected chi connectivity index (χ4v) is 4.02. The summed E-state index contributed by atoms with van der Waals surface area (Å²) in [4.78, 5) is 21.8. The molecule has 1 amide bonds. The molecule has 6 N–H and O–H groups in total. The maximum atomic E-state index is 11.6. The number of aliphatic hydroxyl groups is 1. The highest BCUT2D eigenvalue weighted by molar-refractivity contribution is 7.71. The standard InChI is InChI=1S/C26H29N5O4S/c1-26(2,29-14-17(32)15-34-21-7-3-6-20-22(21)31-25(36)30-20)13-16-8-10-18(11-9-16)35-24-19(23(27)33)5-4-12-28-24/h3-12,17,29,32H,13-15H2,1-2H3,(H2,27,33)(H2,30,31,36)/t17-/m0/s1. The summed E-state index contributed by atoms with van der Waals surface area (Å²) in [7, 11) is 0. The van der Waals surface area contributed by atoms with Crippen LogP contribution in [0.4, 0.5) is 0 Å². The summed E-state index contributed by atoms with van der Waals surface area (Å²) >= 11 is 5.14. The number of aliphatic hydroxyl groups excluding tert-OH is 1. The molecule has 4 rings (SSSR count). The van der Waals surface area contributed by atoms with E-state index in [0.717, 1.165) is 23.0 Å². The van der Waals surface area contributed by atoms with E-state index >= 15 is 0 Å². The molecule has 4 aromatic rings. The largest absolute Gasteiger partial charge is 0.489 e. The number of para-hydroxylation sites is 1. The van der Waals surface area contributed by atoms with Gasteiger partial charge in [0.15, 0.2) is 4.77 Å². The molecule has 0 radical (unpaired) electrons. The number of nitrogens with two attached hydrogens (primary N) is 1. The van der Waals surface area contributed by atoms with Gasteiger partial charge in [0, 0.05) is 18.3 Å². The fourth-order valence-electron chi connectivity index (χ4n) is 3.81. The lowest BCUT2D eigenvalue weighted by Gasteiger charge is -2.28. The zero-order chi connectivity index (χ0) is 25.7. The molecule has 0 aliphatic carbocycles. The maximum absolute atomic E-state index is 11.6. The van der Waals surface area contributed by atoms with E-state index in [1.807, 2.05) is 42.5 Å². The number of pyridine rings is 1. The van der Waals surface area contributed by atoms with Gasteiger partial charge in [0.05, 0.1) is 5.52 Å². The molecule has 188 valence electrons. The monoisotopic (exact) mass is 507 g/mol. The molecule has 0 fully saturated rings. The van der Waals surface area contributed by atoms with Crippen molar-refractivity contribution in [2.24, 2.45) is 5.73 Å². The van der Waals surface area contributed by atoms with Crippen molar-refractivity contribution in [1.82, 2.24) is 20.3 Å². The first-order valence-corrected chi connectivity index (χ1v) is 11.9. The number of carbonyl (C=O) groups excluding carboxylic acids is 1. The lowest BCUT2D eigenvalue weighted by Crippen LogP contribution is -2.46. The maximum Gasteiger partial charge on any atom is 0.254 e. The summed E-state index contributed by atoms with van der Waals surface area (Å²) in [5.74, 6) is 0.761. The number of hydrogen-bond donors (Lipinski definition) is 5. The van der Waals surface area contributed by atoms with Crippen LogP contribution < -0.4 is 20.5 Å². The molecule has 36 heavy (non-hydrogen) atoms. The topological polar surface area (TPSA) is 138 Å². The van der Waals surface area contributed by atoms with Crippen molar-refractivity contribution in [2.75, 3.05) is 13.2 Å². The van der Waals surface area contributed by atoms with Gasteiger partial charge in [0.25, 0.3) is 5.91 Å². The Balaban J connectivity index is 1.28. The molecule has 0 saturated heterocycles. The van der Waals surface area contributed by atoms with Crippen molar-refractivity contribution < 1.29 is 19.4 Å². The van der Waals surface area contributed by atoms with Crippen molar-refractivity contribution in [3.05, 3.63) is 76.7 Å². The van der Waals surface area contributed by atoms with Crippen LogP contribution in [0.1, 0.15) is 29.8 Å². The number of H-pyrrole nitrogens is 2. The predicted molar refractivity (Wildman–Crippen MR) is 140 cm³/mol. The highest BCUT2D eigenvalue weighted by Crippen LogP contribution is 2.25. The van der Waals surface area contributed by atoms with Gasteiger partial charge in [-0.05, 0) is 74.4 Å². The first-order chi connectivity index (χ1) is 17.2. The summed E-state index contributed by atoms with van der Waals surface area (Å²) in [6, 6.07) is 16.4. The summed E-state index contributed by atoms with van der Waals surface area (Å²) < 4.78 is 12.1. The zero-order valence-corrected chi connectivity index (χ0v) is 20.9. The van der Waals surface area contributed by atoms with Gasteiger partial charge in [-0.15, -0.1) is 0 Å². The molecule has 0 bridgehead atoms. The Morgan fingerprint density at radius 3 is 2.69 bits per heavy atom. The van der Waals surface area contributed by atoms with Gasteiger partial charge < -0.3 is 35.6 Å². The van der Waals surface area contributed by atoms with Gasteiger partial charge in [0.1, 0.15) is 35.3 Å². The van der Waals surface area contributed by atoms with Crippen LogP contribution >= 0.6 is 12.2 Å². The van der Waals surface area contributed by atoms with E-state index in [-0.39, 0.29) is 23.6 Å². The third-order valence-corrected chi connectivity index (χ3v) is 5.79. The number of nitrogens with zero attached hydrogens (tertiary/aromatic N) is 1. The quantitative estimate of drug-likeness (QED) is 0.194. The molecule has 10 heteroatoms. The first kappa shape index (κ1) is 25.4. The predicted octanol–water partition coefficient (Wildman–Crippen LogP) is 3.86. The normalized spacial score (nSPS) is 12.4. The number of β-amino-alcohol motifs (C(OH)–C–C–N with tert-alkyl or cyclic N) is 1. The first-order valence-electron chi connectivity index (χ1n) is 11.5. The van der Waals surface area contributed by atoms with Crippen molar-refractivity contribution in [2.45, 2.75) is 31.9 Å². The van der Waals surface area contributed by atoms with Crippen LogP contribution in [-0.4, -0.2) is 50.8 Å². The van der Waals surface area contributed by atoms with Crippen LogP contribution in [0.5, 0.6) is 17.4 Å². The van der Waals surface area contributed by atoms with E-state index in [1.54, 1.807) is 18.3 Å². The Kier molecular flexibility index (Phi) is 7.68. The minimum Gasteiger partial charge on any atom is -0.489 e. The molecule has 2 heterocycles. The molecular weight excluding hydrogens is 478 g/mol. The third kappa shape index (κ3) is 6.48. The van der Waals surface area contributed by atoms with Crippen LogP contribution in [0.2, 0.25) is 0 Å². The Morgan fingerprint density at radius 2 is 1.94 bits per heavy atom. The number of benzene rings is 2. The van der Waals surface area contributed by atoms with Crippen molar-refractivity contribution >= 4 is 29.2 Å². The zero-order valence-electron chi connectivity index (χ0n) is 20.1. The van der Waals surface area contributed by atoms with Gasteiger partial charge >= 0.3 is 0 Å². The smallest absolute Gasteiger partial charge is 0.254 e. The van der Waals surface area contributed by atoms with Gasteiger partial charge in [-0.1, -0.05) is 18.2 Å². The summed E-state index contributed by atoms with van der Waals surface area (Å²) in [6.45, 7) is 4.64. The van der Waals surface area contributed by atoms with Gasteiger partial charge in [-0.3, -0.25) is 4.79 Å². The van der Waals surface area contributed by atoms with Crippen LogP contribution in [0, 0.1) is 4.77 Å². The molecule has 1 atom stereocenters. The second-order valence-corrected chi connectivity index (χ2v) is 9.54. The number of ether oxygens (including phenoxy) is 2. The van der Waals surface area contributed by atoms with Gasteiger partial charge in [0.2, 0.25) is 5.88 Å². The van der Waals surface area contributed by atoms with Gasteiger partial charge in [-0.2, -0.15) is 0 Å². The van der Waals surface area contributed by atoms with E-state index in [4.69, 9.17) is 27.4 Å². The molecule has 0 saturated carbocycles. The Labute approximate surface area is 213 Å². The number of aromatic amines is 2. The van der Waals surface area contributed by atoms with E-state index in [1.165, 1.54) is 0 Å². The number of amides is 1. The molecule has 2 aromatic carbocycles. The van der Waals surface area contributed by atoms with E-state index in [0.29, 0.717) is 22.8 Å². The number of aromatic nitrogens is 3. The molecule has 0 unspecified atom stereocenters. The average Bonchev–Trinajstić information content (AvgIpc) is 3.23. The number of hydrogen-bond acceptors (Lipinski definition) is 7. The van der Waals surface area contributed by atoms with E-state index in [2.05, 4.69) is 34.1 Å². The molecular formula is C26H29N5O4S. The number of nitrogens with one attached hydrogen (secondary N) is 3. The van der Waals surface area contributed by atoms with Crippen LogP contribution in [0.15, 0.2) is 60.8 Å². The summed E-state index contributed by atoms with van der Waals surface area (Å²) in [5, 5.41) is 13.9. The Bertz CT molecular complexity index is 1400. The molecule has 0 aliphatic rings. The summed E-state index contributed by atoms with van der Waals surface area (Å²) in [5.41, 5.74) is 8.05. The SMILES string of the molecule is CC(C)(Cc1ccc(Oc2ncccc2C(N)=O)cc1)NC[C@H](O)COc1cccc2[nH]c(=S)[nH]c12. The Morgan fingerprint density at radius 1 is 1.17 bits per heavy atom. The van der Waals surface area contributed by atoms with Crippen molar-refractivity contribution in [3.63, 3.8) is 0 Å². The van der Waals surface area contributed by atoms with E-state index in [9.17, 15) is 9.90 Å². The van der Waals surface area contributed by atoms with Crippen LogP contribution in [-0.2, 0) is 6.42 Å². The molecule has 9 nitrogen and oxygen atoms in total. The number of rotatable bonds is 11. The lowest BCUT2D eigenvalue weighted by molar-refractivity contribution is 0.0994. The lowest BCUT2D eigenvalue weighted by atomic mass is 9.94. The van der Waals surface area contributed by atoms with Crippen molar-refractivity contribution in [1.29, 1.82) is 0 Å². The highest BCUT2D eigenvalue weighted by atomic mass is 32.1. The fraction of sp³-hybridized carbons (Fsp3) is 0.269. The minimum absolute atomic E-state index is 0.140. The third-order valence-electron chi connectivity index (χ3n) is 5.58. The van der Waals surface area contributed by atoms with Gasteiger partial charge in [-0.25, -0.2) is 4.98 Å². The minimum atomic E-state index is -0.699. The van der Waals surface area contributed by atoms with Crippen LogP contribution in [0.3, 0.4) is 0 Å². The second kappa shape index (κ2) is 10.9. The van der Waals surface area contributed by atoms with Crippen molar-refractivity contribution in [3.8, 4) is 17.4 Å². The van der Waals surface area contributed by atoms with Crippen LogP contribution in [0.25, 0.3) is 11.0 Å². The molecule has 0 aliphatic heterocycles. The number of fused-ring (bicyclic) bond motifs is 1. The summed E-state index contributed by atoms with van der Waals surface area (Å²) in [6.07, 6.45) is 1.56. The second-order valence-electron chi connectivity index (χ2n) is 9.13.